The van der Waals surface area contributed by atoms with E-state index in [0.717, 1.165) is 27.6 Å². The first-order chi connectivity index (χ1) is 13.8. The fourth-order valence-electron chi connectivity index (χ4n) is 3.44. The Morgan fingerprint density at radius 1 is 0.690 bits per heavy atom. The van der Waals surface area contributed by atoms with Gasteiger partial charge in [-0.1, -0.05) is 97.1 Å². The van der Waals surface area contributed by atoms with Gasteiger partial charge in [0.2, 0.25) is 5.91 Å². The lowest BCUT2D eigenvalue weighted by Crippen LogP contribution is -2.32. The molecule has 146 valence electrons. The number of anilines is 1. The van der Waals surface area contributed by atoms with Crippen LogP contribution >= 0.6 is 12.4 Å². The molecule has 1 amide bonds. The highest BCUT2D eigenvalue weighted by molar-refractivity contribution is 6.02. The molecule has 4 heteroatoms. The van der Waals surface area contributed by atoms with Crippen molar-refractivity contribution in [2.45, 2.75) is 6.04 Å². The van der Waals surface area contributed by atoms with Gasteiger partial charge in [-0.15, -0.1) is 12.4 Å². The molecule has 0 saturated carbocycles. The van der Waals surface area contributed by atoms with Crippen LogP contribution in [0.3, 0.4) is 0 Å². The lowest BCUT2D eigenvalue weighted by atomic mass is 9.99. The number of halogens is 1. The van der Waals surface area contributed by atoms with Crippen molar-refractivity contribution in [3.8, 4) is 0 Å². The van der Waals surface area contributed by atoms with E-state index in [0.29, 0.717) is 0 Å². The van der Waals surface area contributed by atoms with Gasteiger partial charge in [0.25, 0.3) is 0 Å². The molecular formula is C25H23ClN2O. The number of hydrogen-bond donors (Lipinski definition) is 2. The predicted molar refractivity (Wildman–Crippen MR) is 123 cm³/mol. The summed E-state index contributed by atoms with van der Waals surface area (Å²) in [6.45, 7) is 0.220. The molecule has 0 fully saturated rings. The monoisotopic (exact) mass is 402 g/mol. The molecule has 0 unspecified atom stereocenters. The SMILES string of the molecule is Cl.O=C(CNC(c1ccccc1)c1ccccc1)Nc1cccc2ccccc12. The van der Waals surface area contributed by atoms with E-state index in [9.17, 15) is 4.79 Å². The second kappa shape index (κ2) is 9.87. The molecular weight excluding hydrogens is 380 g/mol. The van der Waals surface area contributed by atoms with Gasteiger partial charge in [-0.3, -0.25) is 10.1 Å². The number of carbonyl (C=O) groups is 1. The van der Waals surface area contributed by atoms with Crippen molar-refractivity contribution in [3.63, 3.8) is 0 Å². The number of amides is 1. The Morgan fingerprint density at radius 2 is 1.24 bits per heavy atom. The summed E-state index contributed by atoms with van der Waals surface area (Å²) < 4.78 is 0. The van der Waals surface area contributed by atoms with Crippen molar-refractivity contribution in [1.82, 2.24) is 5.32 Å². The highest BCUT2D eigenvalue weighted by Gasteiger charge is 2.15. The third-order valence-electron chi connectivity index (χ3n) is 4.80. The quantitative estimate of drug-likeness (QED) is 0.442. The Morgan fingerprint density at radius 3 is 1.90 bits per heavy atom. The van der Waals surface area contributed by atoms with Gasteiger partial charge in [0, 0.05) is 11.1 Å². The van der Waals surface area contributed by atoms with Gasteiger partial charge in [-0.05, 0) is 22.6 Å². The first kappa shape index (κ1) is 20.6. The molecule has 0 aliphatic rings. The maximum absolute atomic E-state index is 12.6. The van der Waals surface area contributed by atoms with Crippen LogP contribution in [0.4, 0.5) is 5.69 Å². The molecule has 0 atom stereocenters. The summed E-state index contributed by atoms with van der Waals surface area (Å²) in [5, 5.41) is 8.60. The lowest BCUT2D eigenvalue weighted by Gasteiger charge is -2.20. The molecule has 3 nitrogen and oxygen atoms in total. The van der Waals surface area contributed by atoms with Crippen LogP contribution in [-0.2, 0) is 4.79 Å². The number of benzene rings is 4. The summed E-state index contributed by atoms with van der Waals surface area (Å²) in [7, 11) is 0. The normalized spacial score (nSPS) is 10.5. The fourth-order valence-corrected chi connectivity index (χ4v) is 3.44. The number of fused-ring (bicyclic) bond motifs is 1. The van der Waals surface area contributed by atoms with E-state index in [1.807, 2.05) is 78.9 Å². The largest absolute Gasteiger partial charge is 0.324 e. The molecule has 0 spiro atoms. The van der Waals surface area contributed by atoms with Crippen LogP contribution in [0.25, 0.3) is 10.8 Å². The molecule has 0 aliphatic carbocycles. The summed E-state index contributed by atoms with van der Waals surface area (Å²) in [5.41, 5.74) is 3.10. The van der Waals surface area contributed by atoms with Gasteiger partial charge < -0.3 is 5.32 Å². The molecule has 4 aromatic rings. The first-order valence-corrected chi connectivity index (χ1v) is 9.42. The molecule has 0 radical (unpaired) electrons. The Kier molecular flexibility index (Phi) is 7.01. The number of rotatable bonds is 6. The first-order valence-electron chi connectivity index (χ1n) is 9.42. The van der Waals surface area contributed by atoms with Gasteiger partial charge in [-0.25, -0.2) is 0 Å². The minimum atomic E-state index is -0.0618. The van der Waals surface area contributed by atoms with Crippen LogP contribution in [0.15, 0.2) is 103 Å². The zero-order valence-corrected chi connectivity index (χ0v) is 16.7. The van der Waals surface area contributed by atoms with Crippen molar-refractivity contribution < 1.29 is 4.79 Å². The van der Waals surface area contributed by atoms with Crippen LogP contribution in [0.1, 0.15) is 17.2 Å². The Bertz CT molecular complexity index is 1020. The molecule has 0 bridgehead atoms. The van der Waals surface area contributed by atoms with E-state index in [-0.39, 0.29) is 30.9 Å². The predicted octanol–water partition coefficient (Wildman–Crippen LogP) is 5.58. The summed E-state index contributed by atoms with van der Waals surface area (Å²) in [6, 6.07) is 34.3. The lowest BCUT2D eigenvalue weighted by molar-refractivity contribution is -0.115. The van der Waals surface area contributed by atoms with Gasteiger partial charge in [-0.2, -0.15) is 0 Å². The molecule has 0 saturated heterocycles. The van der Waals surface area contributed by atoms with E-state index >= 15 is 0 Å². The third-order valence-corrected chi connectivity index (χ3v) is 4.80. The third kappa shape index (κ3) is 5.02. The molecule has 2 N–H and O–H groups in total. The van der Waals surface area contributed by atoms with Crippen molar-refractivity contribution >= 4 is 34.8 Å². The van der Waals surface area contributed by atoms with Crippen molar-refractivity contribution in [2.75, 3.05) is 11.9 Å². The standard InChI is InChI=1S/C25H22N2O.ClH/c28-24(27-23-17-9-15-19-10-7-8-16-22(19)23)18-26-25(20-11-3-1-4-12-20)21-13-5-2-6-14-21;/h1-17,25-26H,18H2,(H,27,28);1H. The van der Waals surface area contributed by atoms with Crippen LogP contribution in [-0.4, -0.2) is 12.5 Å². The van der Waals surface area contributed by atoms with E-state index < -0.39 is 0 Å². The smallest absolute Gasteiger partial charge is 0.238 e. The van der Waals surface area contributed by atoms with E-state index in [4.69, 9.17) is 0 Å². The van der Waals surface area contributed by atoms with E-state index in [1.165, 1.54) is 0 Å². The zero-order valence-electron chi connectivity index (χ0n) is 15.9. The number of nitrogens with one attached hydrogen (secondary N) is 2. The van der Waals surface area contributed by atoms with Crippen LogP contribution in [0, 0.1) is 0 Å². The maximum Gasteiger partial charge on any atom is 0.238 e. The van der Waals surface area contributed by atoms with Gasteiger partial charge >= 0.3 is 0 Å². The highest BCUT2D eigenvalue weighted by Crippen LogP contribution is 2.24. The van der Waals surface area contributed by atoms with Crippen molar-refractivity contribution in [1.29, 1.82) is 0 Å². The molecule has 0 aromatic heterocycles. The van der Waals surface area contributed by atoms with Crippen LogP contribution in [0.5, 0.6) is 0 Å². The van der Waals surface area contributed by atoms with Gasteiger partial charge in [0.1, 0.15) is 0 Å². The molecule has 29 heavy (non-hydrogen) atoms. The summed E-state index contributed by atoms with van der Waals surface area (Å²) in [4.78, 5) is 12.6. The Labute approximate surface area is 177 Å². The Hall–Kier alpha value is -3.14. The summed E-state index contributed by atoms with van der Waals surface area (Å²) >= 11 is 0. The van der Waals surface area contributed by atoms with Gasteiger partial charge in [0.05, 0.1) is 12.6 Å². The average molecular weight is 403 g/mol. The van der Waals surface area contributed by atoms with E-state index in [1.54, 1.807) is 0 Å². The zero-order chi connectivity index (χ0) is 19.2. The molecule has 0 aliphatic heterocycles. The second-order valence-corrected chi connectivity index (χ2v) is 6.71. The Balaban J connectivity index is 0.00000240. The fraction of sp³-hybridized carbons (Fsp3) is 0.0800. The van der Waals surface area contributed by atoms with Gasteiger partial charge in [0.15, 0.2) is 0 Å². The minimum absolute atomic E-state index is 0. The summed E-state index contributed by atoms with van der Waals surface area (Å²) in [6.07, 6.45) is 0. The van der Waals surface area contributed by atoms with Crippen LogP contribution < -0.4 is 10.6 Å². The second-order valence-electron chi connectivity index (χ2n) is 6.71. The average Bonchev–Trinajstić information content (AvgIpc) is 2.76. The van der Waals surface area contributed by atoms with Crippen molar-refractivity contribution in [3.05, 3.63) is 114 Å². The van der Waals surface area contributed by atoms with E-state index in [2.05, 4.69) is 34.9 Å². The number of hydrogen-bond acceptors (Lipinski definition) is 2. The molecule has 4 aromatic carbocycles. The number of carbonyl (C=O) groups excluding carboxylic acids is 1. The topological polar surface area (TPSA) is 41.1 Å². The maximum atomic E-state index is 12.6. The molecule has 0 heterocycles. The highest BCUT2D eigenvalue weighted by atomic mass is 35.5. The van der Waals surface area contributed by atoms with Crippen LogP contribution in [0.2, 0.25) is 0 Å². The minimum Gasteiger partial charge on any atom is -0.324 e. The van der Waals surface area contributed by atoms with Crippen molar-refractivity contribution in [2.24, 2.45) is 0 Å². The summed E-state index contributed by atoms with van der Waals surface area (Å²) in [5.74, 6) is -0.0618. The molecule has 4 rings (SSSR count).